The Kier molecular flexibility index (Phi) is 2.67. The minimum absolute atomic E-state index is 0.0714. The SMILES string of the molecule is CC1=CC(C)C(C)=C(F)C=C1C#N. The van der Waals surface area contributed by atoms with Crippen LogP contribution in [-0.2, 0) is 0 Å². The average Bonchev–Trinajstić information content (AvgIpc) is 2.18. The lowest BCUT2D eigenvalue weighted by Gasteiger charge is -2.05. The molecule has 1 unspecified atom stereocenters. The summed E-state index contributed by atoms with van der Waals surface area (Å²) in [5, 5.41) is 8.73. The molecular formula is C11H12FN. The van der Waals surface area contributed by atoms with Gasteiger partial charge in [0.05, 0.1) is 11.6 Å². The summed E-state index contributed by atoms with van der Waals surface area (Å²) in [6, 6.07) is 1.98. The Balaban J connectivity index is 3.25. The highest BCUT2D eigenvalue weighted by atomic mass is 19.1. The summed E-state index contributed by atoms with van der Waals surface area (Å²) in [6.45, 7) is 5.50. The maximum Gasteiger partial charge on any atom is 0.124 e. The zero-order valence-corrected chi connectivity index (χ0v) is 8.06. The van der Waals surface area contributed by atoms with Crippen LogP contribution >= 0.6 is 0 Å². The van der Waals surface area contributed by atoms with Gasteiger partial charge in [0.15, 0.2) is 0 Å². The Morgan fingerprint density at radius 2 is 2.08 bits per heavy atom. The lowest BCUT2D eigenvalue weighted by atomic mass is 10.0. The standard InChI is InChI=1S/C11H12FN/c1-7-4-8(2)10(6-13)5-11(12)9(7)3/h4-5,7H,1-3H3. The summed E-state index contributed by atoms with van der Waals surface area (Å²) in [4.78, 5) is 0. The molecule has 1 aliphatic carbocycles. The normalized spacial score (nSPS) is 23.2. The van der Waals surface area contributed by atoms with E-state index in [1.165, 1.54) is 6.08 Å². The first kappa shape index (κ1) is 9.73. The van der Waals surface area contributed by atoms with Crippen LogP contribution in [0.4, 0.5) is 4.39 Å². The third-order valence-electron chi connectivity index (χ3n) is 2.38. The molecule has 13 heavy (non-hydrogen) atoms. The molecule has 0 amide bonds. The molecule has 1 aliphatic rings. The Morgan fingerprint density at radius 3 is 2.62 bits per heavy atom. The highest BCUT2D eigenvalue weighted by Gasteiger charge is 2.13. The fourth-order valence-electron chi connectivity index (χ4n) is 1.28. The second kappa shape index (κ2) is 3.57. The van der Waals surface area contributed by atoms with E-state index in [0.717, 1.165) is 5.57 Å². The summed E-state index contributed by atoms with van der Waals surface area (Å²) < 4.78 is 13.3. The van der Waals surface area contributed by atoms with E-state index < -0.39 is 0 Å². The van der Waals surface area contributed by atoms with Crippen molar-refractivity contribution in [3.63, 3.8) is 0 Å². The second-order valence-electron chi connectivity index (χ2n) is 3.34. The van der Waals surface area contributed by atoms with Crippen LogP contribution in [-0.4, -0.2) is 0 Å². The van der Waals surface area contributed by atoms with Gasteiger partial charge in [-0.1, -0.05) is 13.0 Å². The van der Waals surface area contributed by atoms with Crippen molar-refractivity contribution in [1.29, 1.82) is 5.26 Å². The second-order valence-corrected chi connectivity index (χ2v) is 3.34. The Labute approximate surface area is 77.9 Å². The van der Waals surface area contributed by atoms with Crippen LogP contribution in [0.3, 0.4) is 0 Å². The number of hydrogen-bond acceptors (Lipinski definition) is 1. The van der Waals surface area contributed by atoms with Gasteiger partial charge in [-0.2, -0.15) is 5.26 Å². The predicted molar refractivity (Wildman–Crippen MR) is 50.4 cm³/mol. The van der Waals surface area contributed by atoms with Gasteiger partial charge in [0.25, 0.3) is 0 Å². The molecule has 1 rings (SSSR count). The third kappa shape index (κ3) is 1.86. The van der Waals surface area contributed by atoms with Gasteiger partial charge < -0.3 is 0 Å². The third-order valence-corrected chi connectivity index (χ3v) is 2.38. The van der Waals surface area contributed by atoms with Crippen molar-refractivity contribution in [2.45, 2.75) is 20.8 Å². The molecule has 1 atom stereocenters. The zero-order chi connectivity index (χ0) is 10.0. The van der Waals surface area contributed by atoms with Crippen molar-refractivity contribution in [2.24, 2.45) is 5.92 Å². The van der Waals surface area contributed by atoms with Gasteiger partial charge in [-0.15, -0.1) is 0 Å². The van der Waals surface area contributed by atoms with Gasteiger partial charge in [-0.3, -0.25) is 0 Å². The van der Waals surface area contributed by atoms with Gasteiger partial charge >= 0.3 is 0 Å². The molecule has 0 bridgehead atoms. The molecule has 0 aromatic carbocycles. The highest BCUT2D eigenvalue weighted by Crippen LogP contribution is 2.26. The molecule has 0 saturated heterocycles. The number of nitriles is 1. The maximum absolute atomic E-state index is 13.3. The van der Waals surface area contributed by atoms with E-state index in [9.17, 15) is 4.39 Å². The Hall–Kier alpha value is -1.36. The lowest BCUT2D eigenvalue weighted by molar-refractivity contribution is 0.634. The topological polar surface area (TPSA) is 23.8 Å². The van der Waals surface area contributed by atoms with Crippen LogP contribution in [0.25, 0.3) is 0 Å². The molecule has 0 fully saturated rings. The van der Waals surface area contributed by atoms with Crippen molar-refractivity contribution in [1.82, 2.24) is 0 Å². The molecule has 0 aromatic rings. The monoisotopic (exact) mass is 177 g/mol. The number of halogens is 1. The maximum atomic E-state index is 13.3. The quantitative estimate of drug-likeness (QED) is 0.557. The minimum atomic E-state index is -0.280. The van der Waals surface area contributed by atoms with Crippen molar-refractivity contribution >= 4 is 0 Å². The molecular weight excluding hydrogens is 165 g/mol. The Bertz CT molecular complexity index is 353. The Morgan fingerprint density at radius 1 is 1.46 bits per heavy atom. The van der Waals surface area contributed by atoms with E-state index in [0.29, 0.717) is 11.1 Å². The van der Waals surface area contributed by atoms with E-state index in [4.69, 9.17) is 5.26 Å². The summed E-state index contributed by atoms with van der Waals surface area (Å²) in [5.74, 6) is -0.209. The van der Waals surface area contributed by atoms with Crippen LogP contribution in [0, 0.1) is 17.2 Å². The fraction of sp³-hybridized carbons (Fsp3) is 0.364. The smallest absolute Gasteiger partial charge is 0.124 e. The molecule has 1 nitrogen and oxygen atoms in total. The summed E-state index contributed by atoms with van der Waals surface area (Å²) in [6.07, 6.45) is 3.22. The first-order valence-corrected chi connectivity index (χ1v) is 4.23. The van der Waals surface area contributed by atoms with Gasteiger partial charge in [-0.05, 0) is 37.0 Å². The van der Waals surface area contributed by atoms with E-state index >= 15 is 0 Å². The number of hydrogen-bond donors (Lipinski definition) is 0. The van der Waals surface area contributed by atoms with Gasteiger partial charge in [0.2, 0.25) is 0 Å². The lowest BCUT2D eigenvalue weighted by Crippen LogP contribution is -1.92. The summed E-state index contributed by atoms with van der Waals surface area (Å²) in [5.41, 5.74) is 1.95. The molecule has 68 valence electrons. The van der Waals surface area contributed by atoms with Crippen molar-refractivity contribution < 1.29 is 4.39 Å². The van der Waals surface area contributed by atoms with Crippen LogP contribution in [0.2, 0.25) is 0 Å². The van der Waals surface area contributed by atoms with Gasteiger partial charge in [-0.25, -0.2) is 4.39 Å². The molecule has 0 radical (unpaired) electrons. The first-order valence-electron chi connectivity index (χ1n) is 4.23. The molecule has 0 saturated carbocycles. The van der Waals surface area contributed by atoms with E-state index in [2.05, 4.69) is 0 Å². The van der Waals surface area contributed by atoms with Gasteiger partial charge in [0, 0.05) is 0 Å². The van der Waals surface area contributed by atoms with Gasteiger partial charge in [0.1, 0.15) is 5.83 Å². The molecule has 0 spiro atoms. The molecule has 0 aliphatic heterocycles. The van der Waals surface area contributed by atoms with Crippen LogP contribution in [0.1, 0.15) is 20.8 Å². The van der Waals surface area contributed by atoms with Crippen LogP contribution < -0.4 is 0 Å². The van der Waals surface area contributed by atoms with Crippen molar-refractivity contribution in [2.75, 3.05) is 0 Å². The van der Waals surface area contributed by atoms with Crippen molar-refractivity contribution in [3.8, 4) is 6.07 Å². The number of nitrogens with zero attached hydrogens (tertiary/aromatic N) is 1. The van der Waals surface area contributed by atoms with Crippen LogP contribution in [0.5, 0.6) is 0 Å². The van der Waals surface area contributed by atoms with Crippen LogP contribution in [0.15, 0.2) is 34.7 Å². The average molecular weight is 177 g/mol. The molecule has 2 heteroatoms. The van der Waals surface area contributed by atoms with E-state index in [1.54, 1.807) is 6.92 Å². The van der Waals surface area contributed by atoms with E-state index in [1.807, 2.05) is 26.0 Å². The fourth-order valence-corrected chi connectivity index (χ4v) is 1.28. The number of rotatable bonds is 0. The summed E-state index contributed by atoms with van der Waals surface area (Å²) >= 11 is 0. The minimum Gasteiger partial charge on any atom is -0.207 e. The molecule has 0 aromatic heterocycles. The summed E-state index contributed by atoms with van der Waals surface area (Å²) in [7, 11) is 0. The highest BCUT2D eigenvalue weighted by molar-refractivity contribution is 5.48. The first-order chi connectivity index (χ1) is 6.06. The number of allylic oxidation sites excluding steroid dienone is 6. The molecule has 0 heterocycles. The van der Waals surface area contributed by atoms with E-state index in [-0.39, 0.29) is 11.7 Å². The largest absolute Gasteiger partial charge is 0.207 e. The van der Waals surface area contributed by atoms with Crippen molar-refractivity contribution in [3.05, 3.63) is 34.7 Å². The molecule has 0 N–H and O–H groups in total. The predicted octanol–water partition coefficient (Wildman–Crippen LogP) is 3.28. The zero-order valence-electron chi connectivity index (χ0n) is 8.06.